The fraction of sp³-hybridized carbons (Fsp3) is 0.231. The molecule has 1 aromatic heterocycles. The van der Waals surface area contributed by atoms with Crippen LogP contribution in [0.1, 0.15) is 16.4 Å². The van der Waals surface area contributed by atoms with Gasteiger partial charge in [-0.2, -0.15) is 0 Å². The van der Waals surface area contributed by atoms with E-state index in [-0.39, 0.29) is 11.7 Å². The van der Waals surface area contributed by atoms with Crippen molar-refractivity contribution in [2.24, 2.45) is 0 Å². The molecule has 3 heteroatoms. The highest BCUT2D eigenvalue weighted by atomic mass is 35.5. The summed E-state index contributed by atoms with van der Waals surface area (Å²) in [5, 5.41) is 2.06. The highest BCUT2D eigenvalue weighted by molar-refractivity contribution is 7.09. The first-order chi connectivity index (χ1) is 7.79. The van der Waals surface area contributed by atoms with Gasteiger partial charge in [0.25, 0.3) is 0 Å². The number of alkyl halides is 1. The SMILES string of the molecule is Fc1ccc(C(CCl)Cc2cccs2)cc1. The number of halogens is 2. The zero-order chi connectivity index (χ0) is 11.4. The minimum absolute atomic E-state index is 0.201. The quantitative estimate of drug-likeness (QED) is 0.707. The van der Waals surface area contributed by atoms with Crippen LogP contribution in [0.15, 0.2) is 41.8 Å². The van der Waals surface area contributed by atoms with E-state index in [4.69, 9.17) is 11.6 Å². The smallest absolute Gasteiger partial charge is 0.123 e. The van der Waals surface area contributed by atoms with E-state index >= 15 is 0 Å². The Kier molecular flexibility index (Phi) is 3.97. The standard InChI is InChI=1S/C13H12ClFS/c14-9-11(8-13-2-1-7-16-13)10-3-5-12(15)6-4-10/h1-7,11H,8-9H2. The van der Waals surface area contributed by atoms with Crippen molar-refractivity contribution in [2.45, 2.75) is 12.3 Å². The van der Waals surface area contributed by atoms with Crippen molar-refractivity contribution in [1.82, 2.24) is 0 Å². The number of hydrogen-bond donors (Lipinski definition) is 0. The van der Waals surface area contributed by atoms with E-state index in [9.17, 15) is 4.39 Å². The number of benzene rings is 1. The number of thiophene rings is 1. The third-order valence-electron chi connectivity index (χ3n) is 2.56. The Morgan fingerprint density at radius 3 is 2.50 bits per heavy atom. The summed E-state index contributed by atoms with van der Waals surface area (Å²) < 4.78 is 12.8. The van der Waals surface area contributed by atoms with E-state index in [1.54, 1.807) is 11.3 Å². The first-order valence-corrected chi connectivity index (χ1v) is 6.55. The summed E-state index contributed by atoms with van der Waals surface area (Å²) in [5.41, 5.74) is 1.10. The lowest BCUT2D eigenvalue weighted by Crippen LogP contribution is -2.03. The van der Waals surface area contributed by atoms with Crippen LogP contribution in [0.3, 0.4) is 0 Å². The molecule has 1 heterocycles. The highest BCUT2D eigenvalue weighted by Crippen LogP contribution is 2.24. The predicted octanol–water partition coefficient (Wildman–Crippen LogP) is 4.45. The lowest BCUT2D eigenvalue weighted by molar-refractivity contribution is 0.625. The van der Waals surface area contributed by atoms with E-state index in [2.05, 4.69) is 11.4 Å². The fourth-order valence-corrected chi connectivity index (χ4v) is 2.74. The largest absolute Gasteiger partial charge is 0.207 e. The van der Waals surface area contributed by atoms with Crippen molar-refractivity contribution in [1.29, 1.82) is 0 Å². The molecule has 0 bridgehead atoms. The maximum Gasteiger partial charge on any atom is 0.123 e. The van der Waals surface area contributed by atoms with E-state index < -0.39 is 0 Å². The second-order valence-corrected chi connectivity index (χ2v) is 5.03. The topological polar surface area (TPSA) is 0 Å². The van der Waals surface area contributed by atoms with Gasteiger partial charge in [-0.25, -0.2) is 4.39 Å². The van der Waals surface area contributed by atoms with E-state index in [0.717, 1.165) is 12.0 Å². The molecule has 0 aliphatic rings. The zero-order valence-electron chi connectivity index (χ0n) is 8.70. The van der Waals surface area contributed by atoms with E-state index in [1.165, 1.54) is 17.0 Å². The van der Waals surface area contributed by atoms with E-state index in [0.29, 0.717) is 5.88 Å². The molecule has 0 aliphatic heterocycles. The van der Waals surface area contributed by atoms with Crippen LogP contribution in [-0.2, 0) is 6.42 Å². The Balaban J connectivity index is 2.13. The summed E-state index contributed by atoms with van der Waals surface area (Å²) in [6.07, 6.45) is 0.923. The molecule has 0 nitrogen and oxygen atoms in total. The molecular formula is C13H12ClFS. The van der Waals surface area contributed by atoms with Gasteiger partial charge in [0.15, 0.2) is 0 Å². The Labute approximate surface area is 104 Å². The molecule has 1 atom stereocenters. The van der Waals surface area contributed by atoms with Crippen LogP contribution in [0.2, 0.25) is 0 Å². The summed E-state index contributed by atoms with van der Waals surface area (Å²) in [4.78, 5) is 1.31. The second kappa shape index (κ2) is 5.46. The van der Waals surface area contributed by atoms with Gasteiger partial charge in [-0.1, -0.05) is 18.2 Å². The average Bonchev–Trinajstić information content (AvgIpc) is 2.80. The molecule has 2 aromatic rings. The van der Waals surface area contributed by atoms with Gasteiger partial charge in [-0.15, -0.1) is 22.9 Å². The molecule has 1 unspecified atom stereocenters. The van der Waals surface area contributed by atoms with Crippen LogP contribution in [0.4, 0.5) is 4.39 Å². The zero-order valence-corrected chi connectivity index (χ0v) is 10.3. The van der Waals surface area contributed by atoms with Gasteiger partial charge in [0, 0.05) is 16.7 Å². The third-order valence-corrected chi connectivity index (χ3v) is 3.83. The lowest BCUT2D eigenvalue weighted by Gasteiger charge is -2.13. The Hall–Kier alpha value is -0.860. The molecular weight excluding hydrogens is 243 g/mol. The molecule has 0 radical (unpaired) electrons. The monoisotopic (exact) mass is 254 g/mol. The minimum Gasteiger partial charge on any atom is -0.207 e. The highest BCUT2D eigenvalue weighted by Gasteiger charge is 2.11. The third kappa shape index (κ3) is 2.83. The first kappa shape index (κ1) is 11.6. The maximum atomic E-state index is 12.8. The maximum absolute atomic E-state index is 12.8. The Bertz CT molecular complexity index is 422. The summed E-state index contributed by atoms with van der Waals surface area (Å²) in [5.74, 6) is 0.623. The number of rotatable bonds is 4. The van der Waals surface area contributed by atoms with Crippen molar-refractivity contribution in [3.8, 4) is 0 Å². The summed E-state index contributed by atoms with van der Waals surface area (Å²) in [6.45, 7) is 0. The molecule has 0 fully saturated rings. The normalized spacial score (nSPS) is 12.6. The van der Waals surface area contributed by atoms with Crippen LogP contribution < -0.4 is 0 Å². The van der Waals surface area contributed by atoms with Crippen molar-refractivity contribution >= 4 is 22.9 Å². The van der Waals surface area contributed by atoms with Crippen molar-refractivity contribution in [3.63, 3.8) is 0 Å². The van der Waals surface area contributed by atoms with Crippen molar-refractivity contribution < 1.29 is 4.39 Å². The lowest BCUT2D eigenvalue weighted by atomic mass is 9.97. The molecule has 2 rings (SSSR count). The summed E-state index contributed by atoms with van der Waals surface area (Å²) in [6, 6.07) is 10.8. The second-order valence-electron chi connectivity index (χ2n) is 3.69. The molecule has 0 saturated heterocycles. The van der Waals surface area contributed by atoms with Crippen LogP contribution in [0.25, 0.3) is 0 Å². The summed E-state index contributed by atoms with van der Waals surface area (Å²) in [7, 11) is 0. The van der Waals surface area contributed by atoms with Crippen molar-refractivity contribution in [2.75, 3.05) is 5.88 Å². The molecule has 84 valence electrons. The van der Waals surface area contributed by atoms with Crippen LogP contribution in [0.5, 0.6) is 0 Å². The number of hydrogen-bond acceptors (Lipinski definition) is 1. The van der Waals surface area contributed by atoms with Gasteiger partial charge in [0.1, 0.15) is 5.82 Å². The van der Waals surface area contributed by atoms with Crippen molar-refractivity contribution in [3.05, 3.63) is 58.0 Å². The van der Waals surface area contributed by atoms with Crippen LogP contribution in [-0.4, -0.2) is 5.88 Å². The summed E-state index contributed by atoms with van der Waals surface area (Å²) >= 11 is 7.70. The average molecular weight is 255 g/mol. The molecule has 16 heavy (non-hydrogen) atoms. The van der Waals surface area contributed by atoms with Crippen LogP contribution in [0, 0.1) is 5.82 Å². The van der Waals surface area contributed by atoms with Gasteiger partial charge in [-0.3, -0.25) is 0 Å². The molecule has 0 saturated carbocycles. The molecule has 0 aliphatic carbocycles. The molecule has 0 N–H and O–H groups in total. The molecule has 1 aromatic carbocycles. The fourth-order valence-electron chi connectivity index (χ4n) is 1.67. The van der Waals surface area contributed by atoms with Gasteiger partial charge in [0.05, 0.1) is 0 Å². The van der Waals surface area contributed by atoms with E-state index in [1.807, 2.05) is 18.2 Å². The van der Waals surface area contributed by atoms with Gasteiger partial charge < -0.3 is 0 Å². The first-order valence-electron chi connectivity index (χ1n) is 5.13. The molecule has 0 spiro atoms. The minimum atomic E-state index is -0.201. The van der Waals surface area contributed by atoms with Gasteiger partial charge >= 0.3 is 0 Å². The van der Waals surface area contributed by atoms with Crippen LogP contribution >= 0.6 is 22.9 Å². The van der Waals surface area contributed by atoms with Gasteiger partial charge in [-0.05, 0) is 35.6 Å². The Morgan fingerprint density at radius 1 is 1.19 bits per heavy atom. The van der Waals surface area contributed by atoms with Gasteiger partial charge in [0.2, 0.25) is 0 Å². The molecule has 0 amide bonds. The Morgan fingerprint density at radius 2 is 1.94 bits per heavy atom. The predicted molar refractivity (Wildman–Crippen MR) is 67.9 cm³/mol.